The van der Waals surface area contributed by atoms with E-state index in [1.165, 1.54) is 0 Å². The van der Waals surface area contributed by atoms with Crippen molar-refractivity contribution in [3.05, 3.63) is 181 Å². The molecular formula is C43H30O2. The van der Waals surface area contributed by atoms with Gasteiger partial charge in [-0.1, -0.05) is 164 Å². The molecule has 7 aromatic rings. The van der Waals surface area contributed by atoms with E-state index in [4.69, 9.17) is 0 Å². The summed E-state index contributed by atoms with van der Waals surface area (Å²) in [6.45, 7) is 0. The number of hydrogen-bond donors (Lipinski definition) is 1. The summed E-state index contributed by atoms with van der Waals surface area (Å²) in [5.74, 6) is -0.942. The lowest BCUT2D eigenvalue weighted by molar-refractivity contribution is 0.0697. The van der Waals surface area contributed by atoms with Gasteiger partial charge in [-0.3, -0.25) is 0 Å². The Bertz CT molecular complexity index is 1960. The van der Waals surface area contributed by atoms with Crippen molar-refractivity contribution in [1.29, 1.82) is 0 Å². The number of rotatable bonds is 7. The van der Waals surface area contributed by atoms with Crippen LogP contribution in [0, 0.1) is 0 Å². The SMILES string of the molecule is O=C(O)c1ccc(-c2c(-c3ccccc3)c(-c3ccccc3)c(-c3ccccc3)c(-c3ccccc3)c2-c2ccccc2)cc1. The second-order valence-electron chi connectivity index (χ2n) is 11.0. The maximum absolute atomic E-state index is 11.9. The third kappa shape index (κ3) is 5.35. The summed E-state index contributed by atoms with van der Waals surface area (Å²) in [6, 6.07) is 60.2. The van der Waals surface area contributed by atoms with Gasteiger partial charge in [-0.2, -0.15) is 0 Å². The zero-order valence-electron chi connectivity index (χ0n) is 24.6. The van der Waals surface area contributed by atoms with Crippen LogP contribution in [-0.4, -0.2) is 11.1 Å². The smallest absolute Gasteiger partial charge is 0.335 e. The van der Waals surface area contributed by atoms with Gasteiger partial charge in [0.05, 0.1) is 5.56 Å². The number of hydrogen-bond acceptors (Lipinski definition) is 1. The monoisotopic (exact) mass is 578 g/mol. The molecule has 2 nitrogen and oxygen atoms in total. The Labute approximate surface area is 263 Å². The number of carbonyl (C=O) groups is 1. The lowest BCUT2D eigenvalue weighted by Crippen LogP contribution is -2.02. The molecule has 0 radical (unpaired) electrons. The van der Waals surface area contributed by atoms with E-state index in [0.717, 1.165) is 66.8 Å². The summed E-state index contributed by atoms with van der Waals surface area (Å²) in [5, 5.41) is 9.76. The maximum Gasteiger partial charge on any atom is 0.335 e. The first-order chi connectivity index (χ1) is 22.2. The molecule has 45 heavy (non-hydrogen) atoms. The minimum absolute atomic E-state index is 0.258. The Kier molecular flexibility index (Phi) is 7.62. The highest BCUT2D eigenvalue weighted by atomic mass is 16.4. The van der Waals surface area contributed by atoms with Crippen molar-refractivity contribution >= 4 is 5.97 Å². The Morgan fingerprint density at radius 2 is 0.489 bits per heavy atom. The molecule has 0 aliphatic carbocycles. The summed E-state index contributed by atoms with van der Waals surface area (Å²) < 4.78 is 0. The van der Waals surface area contributed by atoms with Gasteiger partial charge in [0.25, 0.3) is 0 Å². The first-order valence-corrected chi connectivity index (χ1v) is 15.1. The van der Waals surface area contributed by atoms with E-state index in [2.05, 4.69) is 140 Å². The Hall–Kier alpha value is -5.99. The molecule has 1 N–H and O–H groups in total. The number of benzene rings is 7. The highest BCUT2D eigenvalue weighted by molar-refractivity contribution is 6.15. The van der Waals surface area contributed by atoms with Crippen LogP contribution in [0.3, 0.4) is 0 Å². The van der Waals surface area contributed by atoms with E-state index < -0.39 is 5.97 Å². The predicted octanol–water partition coefficient (Wildman–Crippen LogP) is 11.4. The lowest BCUT2D eigenvalue weighted by atomic mass is 9.74. The van der Waals surface area contributed by atoms with E-state index >= 15 is 0 Å². The molecule has 0 atom stereocenters. The van der Waals surface area contributed by atoms with Crippen molar-refractivity contribution in [3.63, 3.8) is 0 Å². The van der Waals surface area contributed by atoms with Gasteiger partial charge in [0, 0.05) is 0 Å². The number of carboxylic acid groups (broad SMARTS) is 1. The average molecular weight is 579 g/mol. The molecule has 7 aromatic carbocycles. The van der Waals surface area contributed by atoms with Crippen LogP contribution in [0.2, 0.25) is 0 Å². The minimum atomic E-state index is -0.942. The first-order valence-electron chi connectivity index (χ1n) is 15.1. The maximum atomic E-state index is 11.9. The third-order valence-corrected chi connectivity index (χ3v) is 8.23. The van der Waals surface area contributed by atoms with Crippen LogP contribution >= 0.6 is 0 Å². The first kappa shape index (κ1) is 27.8. The molecule has 0 saturated heterocycles. The summed E-state index contributed by atoms with van der Waals surface area (Å²) in [7, 11) is 0. The third-order valence-electron chi connectivity index (χ3n) is 8.23. The minimum Gasteiger partial charge on any atom is -0.478 e. The van der Waals surface area contributed by atoms with Crippen molar-refractivity contribution < 1.29 is 9.90 Å². The molecule has 2 heteroatoms. The van der Waals surface area contributed by atoms with E-state index in [9.17, 15) is 9.90 Å². The van der Waals surface area contributed by atoms with Crippen LogP contribution in [0.1, 0.15) is 10.4 Å². The van der Waals surface area contributed by atoms with Crippen LogP contribution in [0.25, 0.3) is 66.8 Å². The van der Waals surface area contributed by atoms with Crippen molar-refractivity contribution in [3.8, 4) is 66.8 Å². The quantitative estimate of drug-likeness (QED) is 0.204. The molecule has 0 amide bonds. The van der Waals surface area contributed by atoms with Crippen molar-refractivity contribution in [2.45, 2.75) is 0 Å². The molecule has 0 saturated carbocycles. The van der Waals surface area contributed by atoms with Crippen molar-refractivity contribution in [2.24, 2.45) is 0 Å². The largest absolute Gasteiger partial charge is 0.478 e. The van der Waals surface area contributed by atoms with Gasteiger partial charge in [0.2, 0.25) is 0 Å². The van der Waals surface area contributed by atoms with Crippen LogP contribution in [0.4, 0.5) is 0 Å². The van der Waals surface area contributed by atoms with Crippen LogP contribution in [0.5, 0.6) is 0 Å². The van der Waals surface area contributed by atoms with Crippen molar-refractivity contribution in [1.82, 2.24) is 0 Å². The van der Waals surface area contributed by atoms with Gasteiger partial charge in [0.15, 0.2) is 0 Å². The Morgan fingerprint density at radius 1 is 0.289 bits per heavy atom. The average Bonchev–Trinajstić information content (AvgIpc) is 3.12. The van der Waals surface area contributed by atoms with E-state index in [1.54, 1.807) is 12.1 Å². The van der Waals surface area contributed by atoms with Gasteiger partial charge >= 0.3 is 5.97 Å². The molecule has 0 aliphatic rings. The Balaban J connectivity index is 1.79. The number of carboxylic acids is 1. The second-order valence-corrected chi connectivity index (χ2v) is 11.0. The topological polar surface area (TPSA) is 37.3 Å². The molecule has 0 fully saturated rings. The van der Waals surface area contributed by atoms with E-state index in [0.29, 0.717) is 0 Å². The molecule has 0 bridgehead atoms. The summed E-state index contributed by atoms with van der Waals surface area (Å²) in [5.41, 5.74) is 13.4. The summed E-state index contributed by atoms with van der Waals surface area (Å²) in [6.07, 6.45) is 0. The molecule has 7 rings (SSSR count). The van der Waals surface area contributed by atoms with Crippen LogP contribution in [-0.2, 0) is 0 Å². The lowest BCUT2D eigenvalue weighted by Gasteiger charge is -2.28. The van der Waals surface area contributed by atoms with Crippen molar-refractivity contribution in [2.75, 3.05) is 0 Å². The normalized spacial score (nSPS) is 10.8. The highest BCUT2D eigenvalue weighted by Crippen LogP contribution is 2.55. The van der Waals surface area contributed by atoms with Gasteiger partial charge < -0.3 is 5.11 Å². The molecule has 0 heterocycles. The molecule has 0 unspecified atom stereocenters. The highest BCUT2D eigenvalue weighted by Gasteiger charge is 2.28. The molecule has 0 spiro atoms. The van der Waals surface area contributed by atoms with Gasteiger partial charge in [-0.05, 0) is 78.9 Å². The van der Waals surface area contributed by atoms with Gasteiger partial charge in [-0.15, -0.1) is 0 Å². The Morgan fingerprint density at radius 3 is 0.689 bits per heavy atom. The van der Waals surface area contributed by atoms with Gasteiger partial charge in [0.1, 0.15) is 0 Å². The van der Waals surface area contributed by atoms with Crippen LogP contribution < -0.4 is 0 Å². The second kappa shape index (κ2) is 12.3. The molecular weight excluding hydrogens is 548 g/mol. The zero-order chi connectivity index (χ0) is 30.6. The number of aromatic carboxylic acids is 1. The fourth-order valence-corrected chi connectivity index (χ4v) is 6.29. The standard InChI is InChI=1S/C43H30O2/c44-43(45)36-28-26-35(27-29-36)42-40(33-22-12-4-13-23-33)38(31-18-8-2-9-19-31)37(30-16-6-1-7-17-30)39(32-20-10-3-11-21-32)41(42)34-24-14-5-15-25-34/h1-29H,(H,44,45). The molecule has 0 aliphatic heterocycles. The molecule has 0 aromatic heterocycles. The summed E-state index contributed by atoms with van der Waals surface area (Å²) in [4.78, 5) is 11.9. The van der Waals surface area contributed by atoms with E-state index in [-0.39, 0.29) is 5.56 Å². The van der Waals surface area contributed by atoms with Gasteiger partial charge in [-0.25, -0.2) is 4.79 Å². The summed E-state index contributed by atoms with van der Waals surface area (Å²) >= 11 is 0. The van der Waals surface area contributed by atoms with Crippen LogP contribution in [0.15, 0.2) is 176 Å². The molecule has 214 valence electrons. The fourth-order valence-electron chi connectivity index (χ4n) is 6.29. The zero-order valence-corrected chi connectivity index (χ0v) is 24.6. The van der Waals surface area contributed by atoms with E-state index in [1.807, 2.05) is 24.3 Å². The fraction of sp³-hybridized carbons (Fsp3) is 0. The predicted molar refractivity (Wildman–Crippen MR) is 186 cm³/mol.